The van der Waals surface area contributed by atoms with Crippen molar-refractivity contribution in [2.75, 3.05) is 27.2 Å². The van der Waals surface area contributed by atoms with E-state index in [2.05, 4.69) is 16.9 Å². The number of rotatable bonds is 5. The summed E-state index contributed by atoms with van der Waals surface area (Å²) in [6.07, 6.45) is 2.07. The van der Waals surface area contributed by atoms with E-state index < -0.39 is 10.0 Å². The molecule has 1 fully saturated rings. The number of hydrogen-bond acceptors (Lipinski definition) is 4. The summed E-state index contributed by atoms with van der Waals surface area (Å²) in [6, 6.07) is 0.241. The van der Waals surface area contributed by atoms with Crippen LogP contribution in [0, 0.1) is 12.8 Å². The third kappa shape index (κ3) is 3.04. The van der Waals surface area contributed by atoms with Crippen LogP contribution >= 0.6 is 11.6 Å². The number of hydrogen-bond donors (Lipinski definition) is 0. The Bertz CT molecular complexity index is 642. The molecule has 8 heteroatoms. The largest absolute Gasteiger partial charge is 0.305 e. The van der Waals surface area contributed by atoms with Gasteiger partial charge < -0.3 is 4.90 Å². The number of aromatic nitrogens is 2. The minimum absolute atomic E-state index is 0.145. The Morgan fingerprint density at radius 1 is 1.36 bits per heavy atom. The second-order valence-corrected chi connectivity index (χ2v) is 8.46. The van der Waals surface area contributed by atoms with Gasteiger partial charge in [0.25, 0.3) is 0 Å². The molecule has 0 aromatic carbocycles. The average molecular weight is 349 g/mol. The van der Waals surface area contributed by atoms with E-state index in [-0.39, 0.29) is 16.1 Å². The molecule has 0 spiro atoms. The summed E-state index contributed by atoms with van der Waals surface area (Å²) in [5.74, 6) is 0.352. The predicted molar refractivity (Wildman–Crippen MR) is 87.6 cm³/mol. The molecule has 0 saturated carbocycles. The first-order valence-electron chi connectivity index (χ1n) is 7.55. The highest BCUT2D eigenvalue weighted by molar-refractivity contribution is 7.89. The maximum atomic E-state index is 13.0. The summed E-state index contributed by atoms with van der Waals surface area (Å²) in [7, 11) is 2.06. The van der Waals surface area contributed by atoms with E-state index in [0.717, 1.165) is 12.8 Å². The van der Waals surface area contributed by atoms with Crippen molar-refractivity contribution in [3.63, 3.8) is 0 Å². The van der Waals surface area contributed by atoms with Crippen molar-refractivity contribution in [2.24, 2.45) is 13.0 Å². The highest BCUT2D eigenvalue weighted by Crippen LogP contribution is 2.33. The Balaban J connectivity index is 2.35. The standard InChI is InChI=1S/C14H25ClN4O2S/c1-6-7-11-8-19(9-12(11)17(3)4)22(20,21)13-10(2)16-18(5)14(13)15/h11-12H,6-9H2,1-5H3. The Labute approximate surface area is 138 Å². The fraction of sp³-hybridized carbons (Fsp3) is 0.786. The lowest BCUT2D eigenvalue weighted by Crippen LogP contribution is -2.36. The van der Waals surface area contributed by atoms with Gasteiger partial charge in [-0.15, -0.1) is 0 Å². The summed E-state index contributed by atoms with van der Waals surface area (Å²) in [6.45, 7) is 4.86. The number of likely N-dealkylation sites (N-methyl/N-ethyl adjacent to an activating group) is 1. The smallest absolute Gasteiger partial charge is 0.248 e. The van der Waals surface area contributed by atoms with Gasteiger partial charge in [0, 0.05) is 26.2 Å². The molecule has 2 rings (SSSR count). The van der Waals surface area contributed by atoms with Crippen LogP contribution in [0.1, 0.15) is 25.5 Å². The molecule has 1 aromatic rings. The quantitative estimate of drug-likeness (QED) is 0.813. The molecule has 6 nitrogen and oxygen atoms in total. The van der Waals surface area contributed by atoms with Gasteiger partial charge in [-0.3, -0.25) is 4.68 Å². The maximum Gasteiger partial charge on any atom is 0.248 e. The third-order valence-electron chi connectivity index (χ3n) is 4.39. The molecule has 1 aliphatic rings. The summed E-state index contributed by atoms with van der Waals surface area (Å²) >= 11 is 6.16. The van der Waals surface area contributed by atoms with E-state index in [9.17, 15) is 8.42 Å². The Hall–Kier alpha value is -0.630. The lowest BCUT2D eigenvalue weighted by molar-refractivity contribution is 0.244. The van der Waals surface area contributed by atoms with E-state index in [4.69, 9.17) is 11.6 Å². The van der Waals surface area contributed by atoms with Crippen LogP contribution in [0.15, 0.2) is 4.90 Å². The maximum absolute atomic E-state index is 13.0. The predicted octanol–water partition coefficient (Wildman–Crippen LogP) is 1.73. The van der Waals surface area contributed by atoms with Gasteiger partial charge in [0.15, 0.2) is 0 Å². The fourth-order valence-electron chi connectivity index (χ4n) is 3.28. The van der Waals surface area contributed by atoms with Gasteiger partial charge in [-0.25, -0.2) is 8.42 Å². The van der Waals surface area contributed by atoms with Gasteiger partial charge in [-0.2, -0.15) is 9.40 Å². The molecule has 2 atom stereocenters. The number of nitrogens with zero attached hydrogens (tertiary/aromatic N) is 4. The molecule has 2 heterocycles. The first-order valence-corrected chi connectivity index (χ1v) is 9.37. The van der Waals surface area contributed by atoms with E-state index in [1.807, 2.05) is 14.1 Å². The summed E-state index contributed by atoms with van der Waals surface area (Å²) in [5.41, 5.74) is 0.452. The normalized spacial score (nSPS) is 23.6. The highest BCUT2D eigenvalue weighted by Gasteiger charge is 2.41. The zero-order chi connectivity index (χ0) is 16.7. The molecule has 2 unspecified atom stereocenters. The van der Waals surface area contributed by atoms with Crippen molar-refractivity contribution < 1.29 is 8.42 Å². The zero-order valence-corrected chi connectivity index (χ0v) is 15.4. The van der Waals surface area contributed by atoms with Gasteiger partial charge in [0.1, 0.15) is 10.0 Å². The van der Waals surface area contributed by atoms with Crippen LogP contribution in [-0.2, 0) is 17.1 Å². The van der Waals surface area contributed by atoms with Crippen molar-refractivity contribution in [1.29, 1.82) is 0 Å². The van der Waals surface area contributed by atoms with Crippen LogP contribution in [0.5, 0.6) is 0 Å². The molecular weight excluding hydrogens is 324 g/mol. The van der Waals surface area contributed by atoms with E-state index >= 15 is 0 Å². The van der Waals surface area contributed by atoms with Gasteiger partial charge in [-0.1, -0.05) is 24.9 Å². The number of sulfonamides is 1. The van der Waals surface area contributed by atoms with Crippen LogP contribution in [0.2, 0.25) is 5.15 Å². The average Bonchev–Trinajstić information content (AvgIpc) is 2.93. The Kier molecular flexibility index (Phi) is 5.21. The van der Waals surface area contributed by atoms with Crippen molar-refractivity contribution in [1.82, 2.24) is 19.0 Å². The van der Waals surface area contributed by atoms with Crippen LogP contribution < -0.4 is 0 Å². The van der Waals surface area contributed by atoms with E-state index in [0.29, 0.717) is 24.7 Å². The summed E-state index contributed by atoms with van der Waals surface area (Å²) in [4.78, 5) is 2.26. The van der Waals surface area contributed by atoms with Crippen molar-refractivity contribution in [3.05, 3.63) is 10.8 Å². The van der Waals surface area contributed by atoms with Gasteiger partial charge >= 0.3 is 0 Å². The Morgan fingerprint density at radius 3 is 2.45 bits per heavy atom. The van der Waals surface area contributed by atoms with Crippen LogP contribution in [0.4, 0.5) is 0 Å². The molecular formula is C14H25ClN4O2S. The molecule has 22 heavy (non-hydrogen) atoms. The Morgan fingerprint density at radius 2 is 2.00 bits per heavy atom. The summed E-state index contributed by atoms with van der Waals surface area (Å²) in [5, 5.41) is 4.30. The van der Waals surface area contributed by atoms with E-state index in [1.165, 1.54) is 4.68 Å². The minimum Gasteiger partial charge on any atom is -0.305 e. The molecule has 126 valence electrons. The third-order valence-corrected chi connectivity index (χ3v) is 6.92. The molecule has 0 aliphatic carbocycles. The zero-order valence-electron chi connectivity index (χ0n) is 13.9. The van der Waals surface area contributed by atoms with Crippen LogP contribution in [0.25, 0.3) is 0 Å². The summed E-state index contributed by atoms with van der Waals surface area (Å²) < 4.78 is 28.9. The molecule has 1 aromatic heterocycles. The number of halogens is 1. The molecule has 0 N–H and O–H groups in total. The van der Waals surface area contributed by atoms with Gasteiger partial charge in [0.2, 0.25) is 10.0 Å². The lowest BCUT2D eigenvalue weighted by atomic mass is 9.98. The molecule has 0 radical (unpaired) electrons. The molecule has 1 saturated heterocycles. The van der Waals surface area contributed by atoms with Crippen LogP contribution in [0.3, 0.4) is 0 Å². The molecule has 0 bridgehead atoms. The van der Waals surface area contributed by atoms with Crippen LogP contribution in [-0.4, -0.2) is 60.6 Å². The van der Waals surface area contributed by atoms with Gasteiger partial charge in [-0.05, 0) is 33.4 Å². The van der Waals surface area contributed by atoms with Gasteiger partial charge in [0.05, 0.1) is 5.69 Å². The topological polar surface area (TPSA) is 58.4 Å². The minimum atomic E-state index is -3.61. The second-order valence-electron chi connectivity index (χ2n) is 6.23. The number of aryl methyl sites for hydroxylation is 2. The van der Waals surface area contributed by atoms with Crippen molar-refractivity contribution >= 4 is 21.6 Å². The monoisotopic (exact) mass is 348 g/mol. The molecule has 1 aliphatic heterocycles. The lowest BCUT2D eigenvalue weighted by Gasteiger charge is -2.24. The second kappa shape index (κ2) is 6.47. The van der Waals surface area contributed by atoms with Crippen molar-refractivity contribution in [3.8, 4) is 0 Å². The highest BCUT2D eigenvalue weighted by atomic mass is 35.5. The van der Waals surface area contributed by atoms with Crippen molar-refractivity contribution in [2.45, 2.75) is 37.6 Å². The first-order chi connectivity index (χ1) is 10.2. The fourth-order valence-corrected chi connectivity index (χ4v) is 5.50. The SMILES string of the molecule is CCCC1CN(S(=O)(=O)c2c(C)nn(C)c2Cl)CC1N(C)C. The van der Waals surface area contributed by atoms with E-state index in [1.54, 1.807) is 18.3 Å². The molecule has 0 amide bonds. The first kappa shape index (κ1) is 17.7.